The van der Waals surface area contributed by atoms with E-state index in [2.05, 4.69) is 16.0 Å². The molecule has 13 heteroatoms. The van der Waals surface area contributed by atoms with Gasteiger partial charge >= 0.3 is 6.09 Å². The normalized spacial score (nSPS) is 18.3. The summed E-state index contributed by atoms with van der Waals surface area (Å²) in [4.78, 5) is 37.2. The number of nitrogens with one attached hydrogen (secondary N) is 3. The summed E-state index contributed by atoms with van der Waals surface area (Å²) < 4.78 is 37.6. The van der Waals surface area contributed by atoms with Crippen LogP contribution in [-0.4, -0.2) is 66.7 Å². The van der Waals surface area contributed by atoms with E-state index in [1.54, 1.807) is 6.07 Å². The van der Waals surface area contributed by atoms with Gasteiger partial charge in [-0.2, -0.15) is 8.42 Å². The number of aryl methyl sites for hydroxylation is 1. The zero-order valence-electron chi connectivity index (χ0n) is 20.3. The number of carbonyl (C=O) groups is 3. The number of hydrogen-bond acceptors (Lipinski definition) is 7. The Hall–Kier alpha value is -2.41. The van der Waals surface area contributed by atoms with Crippen molar-refractivity contribution in [2.75, 3.05) is 13.2 Å². The van der Waals surface area contributed by atoms with Crippen molar-refractivity contribution in [3.05, 3.63) is 34.9 Å². The van der Waals surface area contributed by atoms with Gasteiger partial charge in [0, 0.05) is 17.5 Å². The molecule has 1 unspecified atom stereocenters. The number of amides is 3. The molecule has 1 aliphatic rings. The van der Waals surface area contributed by atoms with Crippen molar-refractivity contribution in [1.82, 2.24) is 16.0 Å². The Labute approximate surface area is 216 Å². The molecule has 0 aromatic heterocycles. The molecule has 0 aliphatic carbocycles. The first-order valence-corrected chi connectivity index (χ1v) is 13.6. The van der Waals surface area contributed by atoms with E-state index in [1.165, 1.54) is 0 Å². The summed E-state index contributed by atoms with van der Waals surface area (Å²) in [5.41, 5.74) is -1.35. The topological polar surface area (TPSA) is 171 Å². The first-order chi connectivity index (χ1) is 16.9. The molecule has 1 aromatic carbocycles. The molecule has 3 amide bonds. The van der Waals surface area contributed by atoms with Gasteiger partial charge in [0.1, 0.15) is 6.04 Å². The minimum absolute atomic E-state index is 0.0329. The molecule has 202 valence electrons. The number of ether oxygens (including phenoxy) is 1. The van der Waals surface area contributed by atoms with Gasteiger partial charge < -0.3 is 25.8 Å². The van der Waals surface area contributed by atoms with Gasteiger partial charge in [0.05, 0.1) is 12.6 Å². The standard InChI is InChI=1S/C23H34ClN3O8S/c1-14(2)11-18(27-23(31)35-10-4-6-15-5-3-7-17(24)12-15)21(29)26-19(22(30)36(32,33)34)13-16-8-9-25-20(16)28/h3,5,7,12,14,16,18-19,22,30H,4,6,8-11,13H2,1-2H3,(H,25,28)(H,26,29)(H,27,31)(H,32,33,34)/t16-,18-,19-,22?/m0/s1. The largest absolute Gasteiger partial charge is 0.450 e. The third-order valence-electron chi connectivity index (χ3n) is 5.73. The highest BCUT2D eigenvalue weighted by Crippen LogP contribution is 2.20. The average molecular weight is 548 g/mol. The van der Waals surface area contributed by atoms with Gasteiger partial charge in [0.2, 0.25) is 17.3 Å². The first kappa shape index (κ1) is 29.8. The van der Waals surface area contributed by atoms with Crippen molar-refractivity contribution >= 4 is 39.6 Å². The van der Waals surface area contributed by atoms with Gasteiger partial charge in [-0.15, -0.1) is 0 Å². The Balaban J connectivity index is 1.98. The SMILES string of the molecule is CC(C)C[C@H](NC(=O)OCCCc1cccc(Cl)c1)C(=O)N[C@@H](C[C@@H]1CCNC1=O)C(O)S(=O)(=O)O. The molecule has 1 aromatic rings. The minimum Gasteiger partial charge on any atom is -0.450 e. The van der Waals surface area contributed by atoms with Crippen LogP contribution in [0.2, 0.25) is 5.02 Å². The molecular formula is C23H34ClN3O8S. The summed E-state index contributed by atoms with van der Waals surface area (Å²) in [7, 11) is -4.93. The Bertz CT molecular complexity index is 1020. The lowest BCUT2D eigenvalue weighted by Gasteiger charge is -2.27. The number of halogens is 1. The fourth-order valence-corrected chi connectivity index (χ4v) is 4.74. The smallest absolute Gasteiger partial charge is 0.407 e. The second-order valence-corrected chi connectivity index (χ2v) is 11.2. The molecule has 0 radical (unpaired) electrons. The second kappa shape index (κ2) is 13.8. The summed E-state index contributed by atoms with van der Waals surface area (Å²) >= 11 is 5.96. The van der Waals surface area contributed by atoms with Gasteiger partial charge in [-0.1, -0.05) is 37.6 Å². The second-order valence-electron chi connectivity index (χ2n) is 9.23. The predicted molar refractivity (Wildman–Crippen MR) is 133 cm³/mol. The van der Waals surface area contributed by atoms with Crippen molar-refractivity contribution in [3.63, 3.8) is 0 Å². The van der Waals surface area contributed by atoms with Gasteiger partial charge in [-0.25, -0.2) is 4.79 Å². The summed E-state index contributed by atoms with van der Waals surface area (Å²) in [5.74, 6) is -1.79. The number of carbonyl (C=O) groups excluding carboxylic acids is 3. The fraction of sp³-hybridized carbons (Fsp3) is 0.609. The summed E-state index contributed by atoms with van der Waals surface area (Å²) in [5, 5.41) is 18.2. The molecule has 1 aliphatic heterocycles. The van der Waals surface area contributed by atoms with Crippen molar-refractivity contribution < 1.29 is 37.2 Å². The van der Waals surface area contributed by atoms with Crippen LogP contribution in [0.15, 0.2) is 24.3 Å². The van der Waals surface area contributed by atoms with Crippen LogP contribution in [0, 0.1) is 11.8 Å². The third-order valence-corrected chi connectivity index (χ3v) is 6.90. The van der Waals surface area contributed by atoms with E-state index in [0.717, 1.165) is 5.56 Å². The maximum Gasteiger partial charge on any atom is 0.407 e. The molecule has 5 N–H and O–H groups in total. The molecule has 0 spiro atoms. The van der Waals surface area contributed by atoms with Crippen LogP contribution in [0.4, 0.5) is 4.79 Å². The van der Waals surface area contributed by atoms with Crippen molar-refractivity contribution in [2.45, 2.75) is 63.5 Å². The lowest BCUT2D eigenvalue weighted by Crippen LogP contribution is -2.55. The number of hydrogen-bond donors (Lipinski definition) is 5. The lowest BCUT2D eigenvalue weighted by molar-refractivity contribution is -0.126. The molecule has 2 rings (SSSR count). The number of rotatable bonds is 13. The Morgan fingerprint density at radius 1 is 1.28 bits per heavy atom. The summed E-state index contributed by atoms with van der Waals surface area (Å²) in [6.45, 7) is 4.12. The van der Waals surface area contributed by atoms with E-state index in [4.69, 9.17) is 16.3 Å². The van der Waals surface area contributed by atoms with E-state index >= 15 is 0 Å². The molecular weight excluding hydrogens is 514 g/mol. The molecule has 11 nitrogen and oxygen atoms in total. The van der Waals surface area contributed by atoms with Crippen molar-refractivity contribution in [1.29, 1.82) is 0 Å². The highest BCUT2D eigenvalue weighted by molar-refractivity contribution is 7.86. The van der Waals surface area contributed by atoms with Crippen LogP contribution in [0.5, 0.6) is 0 Å². The molecule has 36 heavy (non-hydrogen) atoms. The zero-order chi connectivity index (χ0) is 26.9. The monoisotopic (exact) mass is 547 g/mol. The Kier molecular flexibility index (Phi) is 11.4. The highest BCUT2D eigenvalue weighted by Gasteiger charge is 2.37. The molecule has 1 saturated heterocycles. The lowest BCUT2D eigenvalue weighted by atomic mass is 9.97. The van der Waals surface area contributed by atoms with E-state index in [-0.39, 0.29) is 31.3 Å². The maximum atomic E-state index is 13.0. The summed E-state index contributed by atoms with van der Waals surface area (Å²) in [6.07, 6.45) is 0.708. The third kappa shape index (κ3) is 9.92. The van der Waals surface area contributed by atoms with Gasteiger partial charge in [0.25, 0.3) is 10.1 Å². The van der Waals surface area contributed by atoms with Crippen molar-refractivity contribution in [2.24, 2.45) is 11.8 Å². The van der Waals surface area contributed by atoms with E-state index in [0.29, 0.717) is 30.8 Å². The van der Waals surface area contributed by atoms with Crippen LogP contribution in [-0.2, 0) is 30.9 Å². The number of alkyl carbamates (subject to hydrolysis) is 1. The number of aliphatic hydroxyl groups excluding tert-OH is 1. The average Bonchev–Trinajstić information content (AvgIpc) is 3.18. The molecule has 4 atom stereocenters. The number of aliphatic hydroxyl groups is 1. The molecule has 0 bridgehead atoms. The molecule has 1 heterocycles. The Morgan fingerprint density at radius 3 is 2.58 bits per heavy atom. The van der Waals surface area contributed by atoms with Crippen LogP contribution in [0.25, 0.3) is 0 Å². The minimum atomic E-state index is -4.93. The summed E-state index contributed by atoms with van der Waals surface area (Å²) in [6, 6.07) is 4.74. The highest BCUT2D eigenvalue weighted by atomic mass is 35.5. The van der Waals surface area contributed by atoms with Crippen LogP contribution >= 0.6 is 11.6 Å². The number of benzene rings is 1. The van der Waals surface area contributed by atoms with Crippen LogP contribution < -0.4 is 16.0 Å². The zero-order valence-corrected chi connectivity index (χ0v) is 21.8. The quantitative estimate of drug-likeness (QED) is 0.183. The van der Waals surface area contributed by atoms with E-state index < -0.39 is 45.6 Å². The molecule has 0 saturated carbocycles. The first-order valence-electron chi connectivity index (χ1n) is 11.8. The van der Waals surface area contributed by atoms with Crippen molar-refractivity contribution in [3.8, 4) is 0 Å². The molecule has 1 fully saturated rings. The fourth-order valence-electron chi connectivity index (χ4n) is 3.93. The predicted octanol–water partition coefficient (Wildman–Crippen LogP) is 1.63. The van der Waals surface area contributed by atoms with Gasteiger partial charge in [0.15, 0.2) is 0 Å². The van der Waals surface area contributed by atoms with E-state index in [1.807, 2.05) is 32.0 Å². The maximum absolute atomic E-state index is 13.0. The van der Waals surface area contributed by atoms with E-state index in [9.17, 15) is 32.5 Å². The van der Waals surface area contributed by atoms with Gasteiger partial charge in [-0.05, 0) is 55.7 Å². The van der Waals surface area contributed by atoms with Crippen LogP contribution in [0.3, 0.4) is 0 Å². The van der Waals surface area contributed by atoms with Gasteiger partial charge in [-0.3, -0.25) is 14.1 Å². The Morgan fingerprint density at radius 2 is 2.00 bits per heavy atom. The van der Waals surface area contributed by atoms with Crippen LogP contribution in [0.1, 0.15) is 45.1 Å².